The summed E-state index contributed by atoms with van der Waals surface area (Å²) in [5, 5.41) is 14.6. The predicted molar refractivity (Wildman–Crippen MR) is 79.0 cm³/mol. The van der Waals surface area contributed by atoms with Crippen molar-refractivity contribution in [2.75, 3.05) is 0 Å². The summed E-state index contributed by atoms with van der Waals surface area (Å²) in [6.07, 6.45) is 1.49. The molecule has 1 atom stereocenters. The number of carbonyl (C=O) groups excluding carboxylic acids is 1. The largest absolute Gasteiger partial charge is 0.409 e. The van der Waals surface area contributed by atoms with Crippen molar-refractivity contribution in [2.45, 2.75) is 13.0 Å². The highest BCUT2D eigenvalue weighted by atomic mass is 16.4. The average molecular weight is 284 g/mol. The van der Waals surface area contributed by atoms with Gasteiger partial charge in [0, 0.05) is 11.9 Å². The van der Waals surface area contributed by atoms with Crippen LogP contribution in [0.2, 0.25) is 0 Å². The van der Waals surface area contributed by atoms with Crippen molar-refractivity contribution >= 4 is 11.7 Å². The molecule has 6 nitrogen and oxygen atoms in total. The molecule has 6 heteroatoms. The van der Waals surface area contributed by atoms with Crippen LogP contribution in [0.15, 0.2) is 53.8 Å². The van der Waals surface area contributed by atoms with Crippen LogP contribution in [0.1, 0.15) is 27.7 Å². The van der Waals surface area contributed by atoms with Crippen LogP contribution in [-0.2, 0) is 0 Å². The van der Waals surface area contributed by atoms with E-state index in [-0.39, 0.29) is 11.7 Å². The van der Waals surface area contributed by atoms with E-state index in [1.807, 2.05) is 25.1 Å². The van der Waals surface area contributed by atoms with Gasteiger partial charge in [0.05, 0.1) is 5.56 Å². The first-order valence-electron chi connectivity index (χ1n) is 6.37. The lowest BCUT2D eigenvalue weighted by Crippen LogP contribution is -2.37. The van der Waals surface area contributed by atoms with Gasteiger partial charge in [-0.25, -0.2) is 0 Å². The first-order chi connectivity index (χ1) is 10.1. The predicted octanol–water partition coefficient (Wildman–Crippen LogP) is 1.61. The SMILES string of the molecule is Cc1ccc(C(=O)NC(/C(N)=N/O)c2ccccc2)cn1. The van der Waals surface area contributed by atoms with E-state index in [4.69, 9.17) is 10.9 Å². The van der Waals surface area contributed by atoms with E-state index in [0.29, 0.717) is 5.56 Å². The van der Waals surface area contributed by atoms with Gasteiger partial charge in [-0.1, -0.05) is 35.5 Å². The minimum absolute atomic E-state index is 0.0883. The zero-order valence-corrected chi connectivity index (χ0v) is 11.5. The Bertz CT molecular complexity index is 638. The van der Waals surface area contributed by atoms with E-state index < -0.39 is 6.04 Å². The Morgan fingerprint density at radius 3 is 2.57 bits per heavy atom. The number of amides is 1. The van der Waals surface area contributed by atoms with Gasteiger partial charge in [-0.2, -0.15) is 0 Å². The highest BCUT2D eigenvalue weighted by molar-refractivity contribution is 5.98. The third-order valence-electron chi connectivity index (χ3n) is 2.99. The molecule has 1 aromatic heterocycles. The first kappa shape index (κ1) is 14.5. The lowest BCUT2D eigenvalue weighted by molar-refractivity contribution is 0.0945. The van der Waals surface area contributed by atoms with Crippen LogP contribution in [0.4, 0.5) is 0 Å². The maximum Gasteiger partial charge on any atom is 0.253 e. The van der Waals surface area contributed by atoms with Crippen molar-refractivity contribution in [1.82, 2.24) is 10.3 Å². The second-order valence-corrected chi connectivity index (χ2v) is 4.53. The number of nitrogens with zero attached hydrogens (tertiary/aromatic N) is 2. The van der Waals surface area contributed by atoms with Crippen LogP contribution in [0.3, 0.4) is 0 Å². The van der Waals surface area contributed by atoms with Crippen LogP contribution >= 0.6 is 0 Å². The summed E-state index contributed by atoms with van der Waals surface area (Å²) in [7, 11) is 0. The Morgan fingerprint density at radius 2 is 2.00 bits per heavy atom. The fourth-order valence-electron chi connectivity index (χ4n) is 1.85. The molecule has 1 heterocycles. The van der Waals surface area contributed by atoms with E-state index in [1.165, 1.54) is 6.20 Å². The number of oxime groups is 1. The molecule has 0 saturated heterocycles. The van der Waals surface area contributed by atoms with Gasteiger partial charge in [0.1, 0.15) is 6.04 Å². The van der Waals surface area contributed by atoms with Crippen LogP contribution in [0.5, 0.6) is 0 Å². The van der Waals surface area contributed by atoms with Crippen molar-refractivity contribution in [3.63, 3.8) is 0 Å². The van der Waals surface area contributed by atoms with Crippen LogP contribution in [0.25, 0.3) is 0 Å². The molecule has 0 bridgehead atoms. The number of hydrogen-bond acceptors (Lipinski definition) is 4. The van der Waals surface area contributed by atoms with Crippen LogP contribution in [-0.4, -0.2) is 21.9 Å². The number of nitrogens with one attached hydrogen (secondary N) is 1. The smallest absolute Gasteiger partial charge is 0.253 e. The summed E-state index contributed by atoms with van der Waals surface area (Å²) >= 11 is 0. The van der Waals surface area contributed by atoms with E-state index in [1.54, 1.807) is 24.3 Å². The molecule has 2 rings (SSSR count). The van der Waals surface area contributed by atoms with Gasteiger partial charge in [-0.05, 0) is 24.6 Å². The second kappa shape index (κ2) is 6.51. The topological polar surface area (TPSA) is 101 Å². The average Bonchev–Trinajstić information content (AvgIpc) is 2.53. The van der Waals surface area contributed by atoms with Gasteiger partial charge >= 0.3 is 0 Å². The number of aryl methyl sites for hydroxylation is 1. The maximum atomic E-state index is 12.2. The lowest BCUT2D eigenvalue weighted by atomic mass is 10.1. The third kappa shape index (κ3) is 3.56. The molecular weight excluding hydrogens is 268 g/mol. The molecule has 0 fully saturated rings. The van der Waals surface area contributed by atoms with Crippen LogP contribution < -0.4 is 11.1 Å². The number of pyridine rings is 1. The van der Waals surface area contributed by atoms with Crippen molar-refractivity contribution in [1.29, 1.82) is 0 Å². The van der Waals surface area contributed by atoms with Gasteiger partial charge in [-0.15, -0.1) is 0 Å². The Hall–Kier alpha value is -2.89. The molecule has 4 N–H and O–H groups in total. The van der Waals surface area contributed by atoms with Crippen molar-refractivity contribution in [3.05, 3.63) is 65.5 Å². The Labute approximate surface area is 122 Å². The molecule has 0 aliphatic heterocycles. The minimum atomic E-state index is -0.704. The minimum Gasteiger partial charge on any atom is -0.409 e. The number of carbonyl (C=O) groups is 1. The van der Waals surface area contributed by atoms with E-state index in [9.17, 15) is 4.79 Å². The van der Waals surface area contributed by atoms with E-state index in [0.717, 1.165) is 11.3 Å². The van der Waals surface area contributed by atoms with Gasteiger partial charge in [0.25, 0.3) is 5.91 Å². The van der Waals surface area contributed by atoms with Crippen LogP contribution in [0, 0.1) is 6.92 Å². The molecule has 1 aromatic carbocycles. The Balaban J connectivity index is 2.23. The number of nitrogens with two attached hydrogens (primary N) is 1. The summed E-state index contributed by atoms with van der Waals surface area (Å²) in [5.41, 5.74) is 7.62. The quantitative estimate of drug-likeness (QED) is 0.343. The summed E-state index contributed by atoms with van der Waals surface area (Å²) in [6, 6.07) is 11.8. The molecule has 1 unspecified atom stereocenters. The molecule has 0 aliphatic rings. The third-order valence-corrected chi connectivity index (χ3v) is 2.99. The van der Waals surface area contributed by atoms with Gasteiger partial charge in [-0.3, -0.25) is 9.78 Å². The zero-order chi connectivity index (χ0) is 15.2. The number of benzene rings is 1. The zero-order valence-electron chi connectivity index (χ0n) is 11.5. The molecule has 108 valence electrons. The normalized spacial score (nSPS) is 12.7. The number of hydrogen-bond donors (Lipinski definition) is 3. The summed E-state index contributed by atoms with van der Waals surface area (Å²) in [6.45, 7) is 1.84. The summed E-state index contributed by atoms with van der Waals surface area (Å²) in [5.74, 6) is -0.433. The fourth-order valence-corrected chi connectivity index (χ4v) is 1.85. The number of aromatic nitrogens is 1. The monoisotopic (exact) mass is 284 g/mol. The van der Waals surface area contributed by atoms with Gasteiger partial charge < -0.3 is 16.3 Å². The Morgan fingerprint density at radius 1 is 1.29 bits per heavy atom. The molecule has 2 aromatic rings. The highest BCUT2D eigenvalue weighted by Gasteiger charge is 2.19. The Kier molecular flexibility index (Phi) is 4.50. The van der Waals surface area contributed by atoms with Crippen molar-refractivity contribution < 1.29 is 10.0 Å². The molecule has 0 radical (unpaired) electrons. The molecule has 0 saturated carbocycles. The highest BCUT2D eigenvalue weighted by Crippen LogP contribution is 2.13. The standard InChI is InChI=1S/C15H16N4O2/c1-10-7-8-12(9-17-10)15(20)18-13(14(16)19-21)11-5-3-2-4-6-11/h2-9,13,21H,1H3,(H2,16,19)(H,18,20). The number of amidine groups is 1. The first-order valence-corrected chi connectivity index (χ1v) is 6.37. The lowest BCUT2D eigenvalue weighted by Gasteiger charge is -2.17. The molecule has 0 spiro atoms. The van der Waals surface area contributed by atoms with E-state index in [2.05, 4.69) is 15.5 Å². The summed E-state index contributed by atoms with van der Waals surface area (Å²) in [4.78, 5) is 16.3. The molecular formula is C15H16N4O2. The molecule has 21 heavy (non-hydrogen) atoms. The van der Waals surface area contributed by atoms with Crippen molar-refractivity contribution in [2.24, 2.45) is 10.9 Å². The second-order valence-electron chi connectivity index (χ2n) is 4.53. The maximum absolute atomic E-state index is 12.2. The fraction of sp³-hybridized carbons (Fsp3) is 0.133. The van der Waals surface area contributed by atoms with Crippen molar-refractivity contribution in [3.8, 4) is 0 Å². The van der Waals surface area contributed by atoms with Gasteiger partial charge in [0.15, 0.2) is 5.84 Å². The number of rotatable bonds is 4. The molecule has 0 aliphatic carbocycles. The van der Waals surface area contributed by atoms with E-state index >= 15 is 0 Å². The summed E-state index contributed by atoms with van der Waals surface area (Å²) < 4.78 is 0. The molecule has 1 amide bonds. The van der Waals surface area contributed by atoms with Gasteiger partial charge in [0.2, 0.25) is 0 Å².